The van der Waals surface area contributed by atoms with Gasteiger partial charge in [-0.15, -0.1) is 10.2 Å². The second kappa shape index (κ2) is 3.77. The Morgan fingerprint density at radius 2 is 2.12 bits per heavy atom. The first kappa shape index (κ1) is 10.4. The zero-order valence-electron chi connectivity index (χ0n) is 9.01. The van der Waals surface area contributed by atoms with Crippen LogP contribution in [0.3, 0.4) is 0 Å². The highest BCUT2D eigenvalue weighted by atomic mass is 16.4. The van der Waals surface area contributed by atoms with Crippen LogP contribution in [0, 0.1) is 6.92 Å². The van der Waals surface area contributed by atoms with E-state index in [2.05, 4.69) is 10.2 Å². The standard InChI is InChI=1S/C11H11N3O2/c1-7-12-13-10(14(7)2)8-4-3-5-9(6-8)11(15)16/h3-6H,1-2H3,(H,15,16). The molecule has 0 aliphatic rings. The fraction of sp³-hybridized carbons (Fsp3) is 0.182. The lowest BCUT2D eigenvalue weighted by atomic mass is 10.1. The number of aryl methyl sites for hydroxylation is 1. The summed E-state index contributed by atoms with van der Waals surface area (Å²) >= 11 is 0. The van der Waals surface area contributed by atoms with Crippen LogP contribution in [-0.2, 0) is 7.05 Å². The molecule has 0 radical (unpaired) electrons. The minimum atomic E-state index is -0.944. The van der Waals surface area contributed by atoms with Crippen molar-refractivity contribution in [2.45, 2.75) is 6.92 Å². The van der Waals surface area contributed by atoms with E-state index < -0.39 is 5.97 Å². The van der Waals surface area contributed by atoms with Crippen LogP contribution in [0.2, 0.25) is 0 Å². The Morgan fingerprint density at radius 3 is 2.69 bits per heavy atom. The number of hydrogen-bond donors (Lipinski definition) is 1. The molecule has 16 heavy (non-hydrogen) atoms. The van der Waals surface area contributed by atoms with E-state index >= 15 is 0 Å². The Labute approximate surface area is 92.4 Å². The molecule has 1 heterocycles. The van der Waals surface area contributed by atoms with Crippen molar-refractivity contribution in [3.8, 4) is 11.4 Å². The highest BCUT2D eigenvalue weighted by molar-refractivity contribution is 5.89. The third-order valence-corrected chi connectivity index (χ3v) is 2.46. The quantitative estimate of drug-likeness (QED) is 0.827. The molecular weight excluding hydrogens is 206 g/mol. The lowest BCUT2D eigenvalue weighted by Crippen LogP contribution is -1.98. The van der Waals surface area contributed by atoms with Gasteiger partial charge in [-0.25, -0.2) is 4.79 Å². The molecule has 0 saturated carbocycles. The molecule has 0 aliphatic carbocycles. The van der Waals surface area contributed by atoms with Crippen LogP contribution in [0.1, 0.15) is 16.2 Å². The van der Waals surface area contributed by atoms with Crippen molar-refractivity contribution in [3.63, 3.8) is 0 Å². The summed E-state index contributed by atoms with van der Waals surface area (Å²) in [5.41, 5.74) is 1.00. The molecule has 0 fully saturated rings. The topological polar surface area (TPSA) is 68.0 Å². The summed E-state index contributed by atoms with van der Waals surface area (Å²) in [5.74, 6) is 0.511. The van der Waals surface area contributed by atoms with Gasteiger partial charge >= 0.3 is 5.97 Å². The third-order valence-electron chi connectivity index (χ3n) is 2.46. The first-order valence-corrected chi connectivity index (χ1v) is 4.79. The van der Waals surface area contributed by atoms with Crippen molar-refractivity contribution in [1.82, 2.24) is 14.8 Å². The Balaban J connectivity index is 2.52. The molecule has 5 nitrogen and oxygen atoms in total. The fourth-order valence-corrected chi connectivity index (χ4v) is 1.45. The van der Waals surface area contributed by atoms with Crippen LogP contribution < -0.4 is 0 Å². The zero-order chi connectivity index (χ0) is 11.7. The Hall–Kier alpha value is -2.17. The van der Waals surface area contributed by atoms with Crippen LogP contribution in [0.5, 0.6) is 0 Å². The van der Waals surface area contributed by atoms with Gasteiger partial charge in [0.1, 0.15) is 5.82 Å². The maximum absolute atomic E-state index is 10.8. The van der Waals surface area contributed by atoms with Gasteiger partial charge in [-0.3, -0.25) is 0 Å². The first-order chi connectivity index (χ1) is 7.59. The molecule has 0 unspecified atom stereocenters. The van der Waals surface area contributed by atoms with Crippen molar-refractivity contribution in [2.24, 2.45) is 7.05 Å². The van der Waals surface area contributed by atoms with Crippen LogP contribution in [-0.4, -0.2) is 25.8 Å². The smallest absolute Gasteiger partial charge is 0.335 e. The van der Waals surface area contributed by atoms with Gasteiger partial charge in [-0.05, 0) is 19.1 Å². The van der Waals surface area contributed by atoms with Crippen molar-refractivity contribution in [2.75, 3.05) is 0 Å². The summed E-state index contributed by atoms with van der Waals surface area (Å²) in [6, 6.07) is 6.65. The number of rotatable bonds is 2. The molecule has 5 heteroatoms. The van der Waals surface area contributed by atoms with Gasteiger partial charge in [0.25, 0.3) is 0 Å². The molecular formula is C11H11N3O2. The van der Waals surface area contributed by atoms with Crippen molar-refractivity contribution >= 4 is 5.97 Å². The average Bonchev–Trinajstić information content (AvgIpc) is 2.60. The molecule has 0 aliphatic heterocycles. The summed E-state index contributed by atoms with van der Waals surface area (Å²) in [5, 5.41) is 16.8. The van der Waals surface area contributed by atoms with E-state index in [1.54, 1.807) is 18.2 Å². The largest absolute Gasteiger partial charge is 0.478 e. The maximum atomic E-state index is 10.8. The first-order valence-electron chi connectivity index (χ1n) is 4.79. The second-order valence-corrected chi connectivity index (χ2v) is 3.52. The number of benzene rings is 1. The van der Waals surface area contributed by atoms with Gasteiger partial charge in [0.2, 0.25) is 0 Å². The van der Waals surface area contributed by atoms with Crippen molar-refractivity contribution < 1.29 is 9.90 Å². The lowest BCUT2D eigenvalue weighted by Gasteiger charge is -2.02. The highest BCUT2D eigenvalue weighted by Gasteiger charge is 2.10. The highest BCUT2D eigenvalue weighted by Crippen LogP contribution is 2.18. The van der Waals surface area contributed by atoms with E-state index in [1.807, 2.05) is 24.6 Å². The molecule has 1 aromatic heterocycles. The number of nitrogens with zero attached hydrogens (tertiary/aromatic N) is 3. The second-order valence-electron chi connectivity index (χ2n) is 3.52. The zero-order valence-corrected chi connectivity index (χ0v) is 9.01. The van der Waals surface area contributed by atoms with Gasteiger partial charge in [-0.1, -0.05) is 12.1 Å². The van der Waals surface area contributed by atoms with Gasteiger partial charge in [0.05, 0.1) is 5.56 Å². The lowest BCUT2D eigenvalue weighted by molar-refractivity contribution is 0.0697. The van der Waals surface area contributed by atoms with E-state index in [4.69, 9.17) is 5.11 Å². The minimum Gasteiger partial charge on any atom is -0.478 e. The third kappa shape index (κ3) is 1.67. The number of hydrogen-bond acceptors (Lipinski definition) is 3. The fourth-order valence-electron chi connectivity index (χ4n) is 1.45. The van der Waals surface area contributed by atoms with E-state index in [1.165, 1.54) is 0 Å². The average molecular weight is 217 g/mol. The Morgan fingerprint density at radius 1 is 1.38 bits per heavy atom. The van der Waals surface area contributed by atoms with Crippen LogP contribution in [0.4, 0.5) is 0 Å². The van der Waals surface area contributed by atoms with Crippen LogP contribution >= 0.6 is 0 Å². The number of carboxylic acid groups (broad SMARTS) is 1. The summed E-state index contributed by atoms with van der Waals surface area (Å²) < 4.78 is 1.82. The summed E-state index contributed by atoms with van der Waals surface area (Å²) in [6.07, 6.45) is 0. The van der Waals surface area contributed by atoms with Gasteiger partial charge < -0.3 is 9.67 Å². The van der Waals surface area contributed by atoms with E-state index in [0.29, 0.717) is 5.82 Å². The van der Waals surface area contributed by atoms with Crippen LogP contribution in [0.25, 0.3) is 11.4 Å². The molecule has 82 valence electrons. The van der Waals surface area contributed by atoms with E-state index in [0.717, 1.165) is 11.4 Å². The Kier molecular flexibility index (Phi) is 2.44. The van der Waals surface area contributed by atoms with E-state index in [-0.39, 0.29) is 5.56 Å². The monoisotopic (exact) mass is 217 g/mol. The number of aromatic carboxylic acids is 1. The number of carboxylic acids is 1. The molecule has 0 spiro atoms. The van der Waals surface area contributed by atoms with Crippen molar-refractivity contribution in [3.05, 3.63) is 35.7 Å². The Bertz CT molecular complexity index is 546. The molecule has 1 N–H and O–H groups in total. The van der Waals surface area contributed by atoms with Crippen molar-refractivity contribution in [1.29, 1.82) is 0 Å². The van der Waals surface area contributed by atoms with E-state index in [9.17, 15) is 4.79 Å². The SMILES string of the molecule is Cc1nnc(-c2cccc(C(=O)O)c2)n1C. The van der Waals surface area contributed by atoms with Gasteiger partial charge in [0, 0.05) is 12.6 Å². The van der Waals surface area contributed by atoms with Gasteiger partial charge in [0.15, 0.2) is 5.82 Å². The minimum absolute atomic E-state index is 0.248. The predicted octanol–water partition coefficient (Wildman–Crippen LogP) is 1.49. The molecule has 2 aromatic rings. The maximum Gasteiger partial charge on any atom is 0.335 e. The molecule has 2 rings (SSSR count). The number of aromatic nitrogens is 3. The molecule has 0 amide bonds. The molecule has 1 aromatic carbocycles. The van der Waals surface area contributed by atoms with Gasteiger partial charge in [-0.2, -0.15) is 0 Å². The summed E-state index contributed by atoms with van der Waals surface area (Å²) in [6.45, 7) is 1.84. The normalized spacial score (nSPS) is 10.4. The number of carbonyl (C=O) groups is 1. The molecule has 0 saturated heterocycles. The predicted molar refractivity (Wildman–Crippen MR) is 58.1 cm³/mol. The van der Waals surface area contributed by atoms with Crippen LogP contribution in [0.15, 0.2) is 24.3 Å². The summed E-state index contributed by atoms with van der Waals surface area (Å²) in [4.78, 5) is 10.8. The molecule has 0 atom stereocenters. The molecule has 0 bridgehead atoms. The summed E-state index contributed by atoms with van der Waals surface area (Å²) in [7, 11) is 1.85.